The molecule has 0 bridgehead atoms. The number of alkyl halides is 2. The number of benzene rings is 2. The molecule has 0 atom stereocenters. The first kappa shape index (κ1) is 15.4. The molecule has 0 radical (unpaired) electrons. The Balaban J connectivity index is 2.34. The molecule has 0 saturated heterocycles. The number of ether oxygens (including phenoxy) is 2. The first-order valence-electron chi connectivity index (χ1n) is 5.53. The fourth-order valence-electron chi connectivity index (χ4n) is 1.54. The van der Waals surface area contributed by atoms with Crippen LogP contribution in [0.3, 0.4) is 0 Å². The molecule has 0 heterocycles. The molecule has 2 N–H and O–H groups in total. The van der Waals surface area contributed by atoms with Crippen molar-refractivity contribution in [1.82, 2.24) is 0 Å². The van der Waals surface area contributed by atoms with Gasteiger partial charge in [-0.2, -0.15) is 8.78 Å². The fraction of sp³-hybridized carbons (Fsp3) is 0.0769. The number of halogens is 5. The smallest absolute Gasteiger partial charge is 0.387 e. The molecular formula is C13H8BrF4NO2. The average molecular weight is 366 g/mol. The maximum atomic E-state index is 13.4. The Bertz CT molecular complexity index is 647. The number of hydrogen-bond donors (Lipinski definition) is 1. The SMILES string of the molecule is Nc1cc(F)c(OC(F)F)cc1Oc1cc(F)cc(Br)c1. The fourth-order valence-corrected chi connectivity index (χ4v) is 1.98. The van der Waals surface area contributed by atoms with E-state index in [4.69, 9.17) is 10.5 Å². The zero-order valence-corrected chi connectivity index (χ0v) is 11.8. The van der Waals surface area contributed by atoms with Gasteiger partial charge >= 0.3 is 6.61 Å². The molecule has 0 unspecified atom stereocenters. The highest BCUT2D eigenvalue weighted by Crippen LogP contribution is 2.35. The summed E-state index contributed by atoms with van der Waals surface area (Å²) < 4.78 is 60.6. The maximum absolute atomic E-state index is 13.4. The second-order valence-electron chi connectivity index (χ2n) is 3.91. The van der Waals surface area contributed by atoms with Crippen LogP contribution in [0.4, 0.5) is 23.2 Å². The molecule has 0 spiro atoms. The monoisotopic (exact) mass is 365 g/mol. The van der Waals surface area contributed by atoms with Crippen LogP contribution < -0.4 is 15.2 Å². The molecule has 8 heteroatoms. The molecular weight excluding hydrogens is 358 g/mol. The summed E-state index contributed by atoms with van der Waals surface area (Å²) in [5.74, 6) is -2.43. The van der Waals surface area contributed by atoms with E-state index in [1.54, 1.807) is 0 Å². The van der Waals surface area contributed by atoms with Crippen molar-refractivity contribution >= 4 is 21.6 Å². The maximum Gasteiger partial charge on any atom is 0.387 e. The number of hydrogen-bond acceptors (Lipinski definition) is 3. The Kier molecular flexibility index (Phi) is 4.56. The zero-order valence-electron chi connectivity index (χ0n) is 10.2. The minimum absolute atomic E-state index is 0.0585. The summed E-state index contributed by atoms with van der Waals surface area (Å²) in [7, 11) is 0. The second-order valence-corrected chi connectivity index (χ2v) is 4.82. The highest BCUT2D eigenvalue weighted by molar-refractivity contribution is 9.10. The van der Waals surface area contributed by atoms with E-state index < -0.39 is 24.0 Å². The third-order valence-corrected chi connectivity index (χ3v) is 2.80. The lowest BCUT2D eigenvalue weighted by Gasteiger charge is -2.12. The van der Waals surface area contributed by atoms with Crippen LogP contribution in [0, 0.1) is 11.6 Å². The van der Waals surface area contributed by atoms with E-state index in [1.807, 2.05) is 0 Å². The molecule has 0 aliphatic carbocycles. The molecule has 3 nitrogen and oxygen atoms in total. The first-order valence-corrected chi connectivity index (χ1v) is 6.32. The lowest BCUT2D eigenvalue weighted by molar-refractivity contribution is -0.0522. The molecule has 2 rings (SSSR count). The minimum atomic E-state index is -3.20. The van der Waals surface area contributed by atoms with E-state index in [2.05, 4.69) is 20.7 Å². The molecule has 2 aromatic rings. The summed E-state index contributed by atoms with van der Waals surface area (Å²) in [5, 5.41) is 0. The van der Waals surface area contributed by atoms with Crippen molar-refractivity contribution in [3.8, 4) is 17.2 Å². The number of anilines is 1. The third kappa shape index (κ3) is 4.01. The Morgan fingerprint density at radius 1 is 1.00 bits per heavy atom. The van der Waals surface area contributed by atoms with E-state index in [1.165, 1.54) is 12.1 Å². The minimum Gasteiger partial charge on any atom is -0.455 e. The predicted octanol–water partition coefficient (Wildman–Crippen LogP) is 4.70. The Morgan fingerprint density at radius 2 is 1.71 bits per heavy atom. The lowest BCUT2D eigenvalue weighted by Crippen LogP contribution is -2.05. The molecule has 0 amide bonds. The average Bonchev–Trinajstić information content (AvgIpc) is 2.33. The van der Waals surface area contributed by atoms with Crippen LogP contribution in [0.25, 0.3) is 0 Å². The quantitative estimate of drug-likeness (QED) is 0.630. The molecule has 2 aromatic carbocycles. The van der Waals surface area contributed by atoms with Crippen LogP contribution in [-0.2, 0) is 0 Å². The molecule has 0 saturated carbocycles. The summed E-state index contributed by atoms with van der Waals surface area (Å²) in [6.45, 7) is -3.20. The van der Waals surface area contributed by atoms with Gasteiger partial charge in [0.15, 0.2) is 17.3 Å². The number of nitrogens with two attached hydrogens (primary N) is 1. The summed E-state index contributed by atoms with van der Waals surface area (Å²) in [6.07, 6.45) is 0. The highest BCUT2D eigenvalue weighted by Gasteiger charge is 2.15. The number of nitrogen functional groups attached to an aromatic ring is 1. The topological polar surface area (TPSA) is 44.5 Å². The number of rotatable bonds is 4. The molecule has 112 valence electrons. The van der Waals surface area contributed by atoms with Crippen molar-refractivity contribution in [2.24, 2.45) is 0 Å². The summed E-state index contributed by atoms with van der Waals surface area (Å²) in [4.78, 5) is 0. The van der Waals surface area contributed by atoms with E-state index in [0.717, 1.165) is 18.2 Å². The predicted molar refractivity (Wildman–Crippen MR) is 71.6 cm³/mol. The van der Waals surface area contributed by atoms with Crippen molar-refractivity contribution in [2.75, 3.05) is 5.73 Å². The zero-order chi connectivity index (χ0) is 15.6. The van der Waals surface area contributed by atoms with Gasteiger partial charge in [-0.05, 0) is 12.1 Å². The largest absolute Gasteiger partial charge is 0.455 e. The molecule has 0 aliphatic rings. The van der Waals surface area contributed by atoms with E-state index in [-0.39, 0.29) is 17.2 Å². The van der Waals surface area contributed by atoms with Gasteiger partial charge in [0.25, 0.3) is 0 Å². The summed E-state index contributed by atoms with van der Waals surface area (Å²) in [6, 6.07) is 5.34. The van der Waals surface area contributed by atoms with E-state index >= 15 is 0 Å². The van der Waals surface area contributed by atoms with Crippen LogP contribution in [-0.4, -0.2) is 6.61 Å². The van der Waals surface area contributed by atoms with Crippen molar-refractivity contribution in [1.29, 1.82) is 0 Å². The summed E-state index contributed by atoms with van der Waals surface area (Å²) in [5.41, 5.74) is 5.39. The van der Waals surface area contributed by atoms with Crippen LogP contribution in [0.15, 0.2) is 34.8 Å². The highest BCUT2D eigenvalue weighted by atomic mass is 79.9. The van der Waals surface area contributed by atoms with Crippen molar-refractivity contribution < 1.29 is 27.0 Å². The van der Waals surface area contributed by atoms with Gasteiger partial charge in [0.2, 0.25) is 0 Å². The van der Waals surface area contributed by atoms with Crippen LogP contribution in [0.2, 0.25) is 0 Å². The Hall–Kier alpha value is -1.96. The van der Waals surface area contributed by atoms with E-state index in [0.29, 0.717) is 4.47 Å². The van der Waals surface area contributed by atoms with Crippen molar-refractivity contribution in [2.45, 2.75) is 6.61 Å². The molecule has 0 fully saturated rings. The van der Waals surface area contributed by atoms with Gasteiger partial charge in [0.1, 0.15) is 11.6 Å². The first-order chi connectivity index (χ1) is 9.85. The summed E-state index contributed by atoms with van der Waals surface area (Å²) >= 11 is 3.07. The van der Waals surface area contributed by atoms with Crippen molar-refractivity contribution in [3.05, 3.63) is 46.4 Å². The van der Waals surface area contributed by atoms with Gasteiger partial charge in [-0.1, -0.05) is 15.9 Å². The Morgan fingerprint density at radius 3 is 2.33 bits per heavy atom. The van der Waals surface area contributed by atoms with Gasteiger partial charge < -0.3 is 15.2 Å². The molecule has 0 aliphatic heterocycles. The van der Waals surface area contributed by atoms with Gasteiger partial charge in [0.05, 0.1) is 5.69 Å². The van der Waals surface area contributed by atoms with Gasteiger partial charge in [-0.3, -0.25) is 0 Å². The van der Waals surface area contributed by atoms with Gasteiger partial charge in [-0.15, -0.1) is 0 Å². The van der Waals surface area contributed by atoms with Crippen LogP contribution in [0.1, 0.15) is 0 Å². The normalized spacial score (nSPS) is 10.8. The molecule has 21 heavy (non-hydrogen) atoms. The second kappa shape index (κ2) is 6.21. The van der Waals surface area contributed by atoms with Gasteiger partial charge in [0, 0.05) is 22.7 Å². The standard InChI is InChI=1S/C13H8BrF4NO2/c14-6-1-7(15)3-8(2-6)20-12-5-11(21-13(17)18)9(16)4-10(12)19/h1-5,13H,19H2. The van der Waals surface area contributed by atoms with Crippen LogP contribution >= 0.6 is 15.9 Å². The molecule has 0 aromatic heterocycles. The van der Waals surface area contributed by atoms with Crippen molar-refractivity contribution in [3.63, 3.8) is 0 Å². The van der Waals surface area contributed by atoms with Gasteiger partial charge in [-0.25, -0.2) is 8.78 Å². The van der Waals surface area contributed by atoms with E-state index in [9.17, 15) is 17.6 Å². The lowest BCUT2D eigenvalue weighted by atomic mass is 10.2. The Labute approximate surface area is 125 Å². The van der Waals surface area contributed by atoms with Crippen LogP contribution in [0.5, 0.6) is 17.2 Å². The third-order valence-electron chi connectivity index (χ3n) is 2.34.